The number of halogens is 1. The Morgan fingerprint density at radius 1 is 1.14 bits per heavy atom. The van der Waals surface area contributed by atoms with Crippen molar-refractivity contribution in [1.82, 2.24) is 0 Å². The van der Waals surface area contributed by atoms with E-state index in [4.69, 9.17) is 10.8 Å². The zero-order valence-electron chi connectivity index (χ0n) is 13.2. The Labute approximate surface area is 149 Å². The number of hydrogen-bond acceptors (Lipinski definition) is 3. The van der Waals surface area contributed by atoms with Crippen LogP contribution in [0, 0.1) is 0 Å². The third kappa shape index (κ3) is 4.29. The van der Waals surface area contributed by atoms with Crippen molar-refractivity contribution in [3.05, 3.63) is 63.6 Å². The van der Waals surface area contributed by atoms with Gasteiger partial charge in [-0.05, 0) is 35.9 Å². The molecule has 2 aromatic rings. The van der Waals surface area contributed by atoms with E-state index in [1.165, 1.54) is 0 Å². The maximum Gasteiger partial charge on any atom is 2.00 e. The molecule has 3 N–H and O–H groups in total. The van der Waals surface area contributed by atoms with E-state index in [1.807, 2.05) is 0 Å². The number of para-hydroxylation sites is 1. The first-order chi connectivity index (χ1) is 9.49. The van der Waals surface area contributed by atoms with Crippen molar-refractivity contribution in [2.45, 2.75) is 6.42 Å². The maximum atomic E-state index is 12.4. The van der Waals surface area contributed by atoms with E-state index >= 15 is 0 Å². The molecule has 0 saturated heterocycles. The van der Waals surface area contributed by atoms with Crippen LogP contribution in [0.25, 0.3) is 0 Å². The molecule has 0 amide bonds. The van der Waals surface area contributed by atoms with E-state index in [1.54, 1.807) is 42.5 Å². The van der Waals surface area contributed by atoms with Crippen molar-refractivity contribution in [3.63, 3.8) is 0 Å². The zero-order valence-corrected chi connectivity index (χ0v) is 14.2. The van der Waals surface area contributed by atoms with Gasteiger partial charge in [-0.3, -0.25) is 9.59 Å². The van der Waals surface area contributed by atoms with Gasteiger partial charge < -0.3 is 13.7 Å². The van der Waals surface area contributed by atoms with Gasteiger partial charge in [0.05, 0.1) is 6.42 Å². The molecule has 6 heteroatoms. The molecular formula is C15H14BrMgNO3. The minimum Gasteiger partial charge on any atom is -1.00 e. The number of rotatable bonds is 4. The van der Waals surface area contributed by atoms with Crippen molar-refractivity contribution >= 4 is 56.4 Å². The fourth-order valence-corrected chi connectivity index (χ4v) is 2.15. The molecule has 21 heavy (non-hydrogen) atoms. The predicted octanol–water partition coefficient (Wildman–Crippen LogP) is 2.73. The normalized spacial score (nSPS) is 9.76. The number of carbonyl (C=O) groups excluding carboxylic acids is 1. The summed E-state index contributed by atoms with van der Waals surface area (Å²) < 4.78 is 0.877. The minimum absolute atomic E-state index is 0. The van der Waals surface area contributed by atoms with Gasteiger partial charge in [-0.2, -0.15) is 0 Å². The molecule has 2 rings (SSSR count). The monoisotopic (exact) mass is 359 g/mol. The summed E-state index contributed by atoms with van der Waals surface area (Å²) in [7, 11) is 0. The average Bonchev–Trinajstić information content (AvgIpc) is 2.41. The van der Waals surface area contributed by atoms with Crippen LogP contribution in [0.3, 0.4) is 0 Å². The number of nitrogen functional groups attached to an aromatic ring is 1. The van der Waals surface area contributed by atoms with Gasteiger partial charge >= 0.3 is 29.0 Å². The van der Waals surface area contributed by atoms with E-state index < -0.39 is 5.97 Å². The maximum absolute atomic E-state index is 12.4. The van der Waals surface area contributed by atoms with Gasteiger partial charge in [0.15, 0.2) is 5.78 Å². The number of carboxylic acid groups (broad SMARTS) is 1. The number of carbonyl (C=O) groups is 2. The Kier molecular flexibility index (Phi) is 6.38. The Bertz CT molecular complexity index is 681. The van der Waals surface area contributed by atoms with Gasteiger partial charge in [0.2, 0.25) is 0 Å². The molecule has 0 aliphatic heterocycles. The summed E-state index contributed by atoms with van der Waals surface area (Å²) in [4.78, 5) is 23.1. The van der Waals surface area contributed by atoms with Crippen molar-refractivity contribution in [2.24, 2.45) is 0 Å². The van der Waals surface area contributed by atoms with Crippen LogP contribution in [0.5, 0.6) is 0 Å². The summed E-state index contributed by atoms with van der Waals surface area (Å²) in [6.07, 6.45) is -0.201. The standard InChI is InChI=1S/C15H12BrNO3.Mg.2H/c16-11-6-4-9(5-7-11)15(20)12-3-1-2-10(14(12)17)8-13(18)19;;;/h1-7H,8,17H2,(H,18,19);;;/q;+2;2*-1. The number of hydrogen-bond donors (Lipinski definition) is 2. The largest absolute Gasteiger partial charge is 2.00 e. The minimum atomic E-state index is -0.982. The van der Waals surface area contributed by atoms with Crippen LogP contribution in [-0.4, -0.2) is 39.9 Å². The molecule has 2 aromatic carbocycles. The van der Waals surface area contributed by atoms with Gasteiger partial charge in [0, 0.05) is 21.3 Å². The molecule has 0 heterocycles. The third-order valence-corrected chi connectivity index (χ3v) is 3.42. The molecule has 0 bridgehead atoms. The van der Waals surface area contributed by atoms with Crippen LogP contribution in [-0.2, 0) is 11.2 Å². The molecule has 0 saturated carbocycles. The fourth-order valence-electron chi connectivity index (χ4n) is 1.88. The second kappa shape index (κ2) is 7.58. The summed E-state index contributed by atoms with van der Waals surface area (Å²) in [6.45, 7) is 0. The van der Waals surface area contributed by atoms with E-state index in [0.29, 0.717) is 16.7 Å². The van der Waals surface area contributed by atoms with Crippen LogP contribution >= 0.6 is 15.9 Å². The summed E-state index contributed by atoms with van der Waals surface area (Å²) in [5.74, 6) is -1.20. The molecule has 106 valence electrons. The number of ketones is 1. The topological polar surface area (TPSA) is 80.4 Å². The van der Waals surface area contributed by atoms with Crippen molar-refractivity contribution in [1.29, 1.82) is 0 Å². The quantitative estimate of drug-likeness (QED) is 0.499. The fraction of sp³-hybridized carbons (Fsp3) is 0.0667. The van der Waals surface area contributed by atoms with Crippen molar-refractivity contribution in [2.75, 3.05) is 5.73 Å². The first-order valence-corrected chi connectivity index (χ1v) is 6.68. The van der Waals surface area contributed by atoms with Crippen LogP contribution in [0.4, 0.5) is 5.69 Å². The smallest absolute Gasteiger partial charge is 1.00 e. The first-order valence-electron chi connectivity index (χ1n) is 5.88. The number of aliphatic carboxylic acids is 1. The van der Waals surface area contributed by atoms with Crippen molar-refractivity contribution in [3.8, 4) is 0 Å². The summed E-state index contributed by atoms with van der Waals surface area (Å²) >= 11 is 3.30. The Morgan fingerprint density at radius 3 is 2.33 bits per heavy atom. The molecule has 0 aliphatic rings. The molecule has 0 radical (unpaired) electrons. The predicted molar refractivity (Wildman–Crippen MR) is 87.7 cm³/mol. The average molecular weight is 360 g/mol. The van der Waals surface area contributed by atoms with Crippen LogP contribution in [0.1, 0.15) is 24.3 Å². The Hall–Kier alpha value is -1.37. The number of carboxylic acids is 1. The SMILES string of the molecule is Nc1c(CC(=O)O)cccc1C(=O)c1ccc(Br)cc1.[H-].[H-].[Mg+2]. The molecular weight excluding hydrogens is 346 g/mol. The molecule has 0 aromatic heterocycles. The number of anilines is 1. The molecule has 4 nitrogen and oxygen atoms in total. The van der Waals surface area contributed by atoms with E-state index in [-0.39, 0.29) is 43.8 Å². The van der Waals surface area contributed by atoms with E-state index in [0.717, 1.165) is 4.47 Å². The molecule has 0 fully saturated rings. The molecule has 0 spiro atoms. The number of benzene rings is 2. The second-order valence-corrected chi connectivity index (χ2v) is 5.20. The first kappa shape index (κ1) is 17.7. The van der Waals surface area contributed by atoms with Crippen molar-refractivity contribution < 1.29 is 17.5 Å². The Balaban J connectivity index is 0. The summed E-state index contributed by atoms with van der Waals surface area (Å²) in [6, 6.07) is 11.8. The Morgan fingerprint density at radius 2 is 1.76 bits per heavy atom. The van der Waals surface area contributed by atoms with Gasteiger partial charge in [-0.25, -0.2) is 0 Å². The van der Waals surface area contributed by atoms with Gasteiger partial charge in [0.1, 0.15) is 0 Å². The molecule has 0 atom stereocenters. The third-order valence-electron chi connectivity index (χ3n) is 2.89. The zero-order chi connectivity index (χ0) is 14.7. The van der Waals surface area contributed by atoms with Gasteiger partial charge in [0.25, 0.3) is 0 Å². The second-order valence-electron chi connectivity index (χ2n) is 4.28. The van der Waals surface area contributed by atoms with Gasteiger partial charge in [-0.1, -0.05) is 28.1 Å². The molecule has 0 unspecified atom stereocenters. The summed E-state index contributed by atoms with van der Waals surface area (Å²) in [5, 5.41) is 8.82. The van der Waals surface area contributed by atoms with Crippen LogP contribution in [0.2, 0.25) is 0 Å². The summed E-state index contributed by atoms with van der Waals surface area (Å²) in [5.41, 5.74) is 7.41. The molecule has 0 aliphatic carbocycles. The number of nitrogens with two attached hydrogens (primary N) is 1. The van der Waals surface area contributed by atoms with E-state index in [9.17, 15) is 9.59 Å². The van der Waals surface area contributed by atoms with Crippen LogP contribution < -0.4 is 5.73 Å². The van der Waals surface area contributed by atoms with Gasteiger partial charge in [-0.15, -0.1) is 0 Å². The van der Waals surface area contributed by atoms with Crippen LogP contribution in [0.15, 0.2) is 46.9 Å². The van der Waals surface area contributed by atoms with E-state index in [2.05, 4.69) is 15.9 Å².